The minimum atomic E-state index is -4.60. The van der Waals surface area contributed by atoms with Gasteiger partial charge in [0.15, 0.2) is 0 Å². The number of allylic oxidation sites excluding steroid dienone is 2. The Bertz CT molecular complexity index is 680. The number of amides is 1. The van der Waals surface area contributed by atoms with Crippen molar-refractivity contribution in [2.75, 3.05) is 0 Å². The first-order chi connectivity index (χ1) is 11.7. The van der Waals surface area contributed by atoms with E-state index in [1.165, 1.54) is 0 Å². The predicted octanol–water partition coefficient (Wildman–Crippen LogP) is 2.31. The lowest BCUT2D eigenvalue weighted by atomic mass is 9.70. The van der Waals surface area contributed by atoms with Crippen LogP contribution in [0, 0.1) is 5.41 Å². The Labute approximate surface area is 143 Å². The second-order valence-corrected chi connectivity index (χ2v) is 7.13. The Morgan fingerprint density at radius 2 is 2.16 bits per heavy atom. The zero-order valence-electron chi connectivity index (χ0n) is 14.2. The van der Waals surface area contributed by atoms with Crippen molar-refractivity contribution < 1.29 is 18.0 Å². The van der Waals surface area contributed by atoms with Crippen LogP contribution in [-0.2, 0) is 17.5 Å². The van der Waals surface area contributed by atoms with E-state index in [4.69, 9.17) is 0 Å². The van der Waals surface area contributed by atoms with E-state index in [0.717, 1.165) is 24.8 Å². The molecule has 1 aromatic heterocycles. The Balaban J connectivity index is 1.69. The van der Waals surface area contributed by atoms with Gasteiger partial charge in [-0.1, -0.05) is 11.6 Å². The van der Waals surface area contributed by atoms with Gasteiger partial charge in [-0.05, 0) is 39.5 Å². The molecule has 2 aliphatic rings. The molecule has 3 N–H and O–H groups in total. The van der Waals surface area contributed by atoms with Gasteiger partial charge in [0.1, 0.15) is 5.82 Å². The van der Waals surface area contributed by atoms with E-state index in [1.54, 1.807) is 0 Å². The summed E-state index contributed by atoms with van der Waals surface area (Å²) in [6, 6.07) is 0.442. The fourth-order valence-corrected chi connectivity index (χ4v) is 3.79. The smallest absolute Gasteiger partial charge is 0.348 e. The molecule has 0 aliphatic carbocycles. The Hall–Kier alpha value is -1.90. The minimum Gasteiger partial charge on any atom is -0.348 e. The number of alkyl halides is 3. The highest BCUT2D eigenvalue weighted by molar-refractivity contribution is 5.84. The van der Waals surface area contributed by atoms with Gasteiger partial charge in [0.2, 0.25) is 5.91 Å². The van der Waals surface area contributed by atoms with Crippen LogP contribution in [0.15, 0.2) is 11.6 Å². The normalized spacial score (nSPS) is 28.2. The van der Waals surface area contributed by atoms with Crippen molar-refractivity contribution in [1.29, 1.82) is 0 Å². The topological polar surface area (TPSA) is 82.7 Å². The number of hydrogen-bond acceptors (Lipinski definition) is 4. The summed E-state index contributed by atoms with van der Waals surface area (Å²) in [6.45, 7) is 3.87. The van der Waals surface area contributed by atoms with Crippen LogP contribution in [-0.4, -0.2) is 33.2 Å². The fraction of sp³-hybridized carbons (Fsp3) is 0.688. The molecule has 0 saturated carbocycles. The Kier molecular flexibility index (Phi) is 4.61. The molecular weight excluding hydrogens is 335 g/mol. The molecule has 3 rings (SSSR count). The third-order valence-corrected chi connectivity index (χ3v) is 5.05. The van der Waals surface area contributed by atoms with E-state index in [0.29, 0.717) is 12.5 Å². The van der Waals surface area contributed by atoms with Crippen LogP contribution < -0.4 is 10.6 Å². The highest BCUT2D eigenvalue weighted by Gasteiger charge is 2.54. The molecule has 0 radical (unpaired) electrons. The van der Waals surface area contributed by atoms with E-state index in [-0.39, 0.29) is 24.3 Å². The molecule has 1 aromatic rings. The highest BCUT2D eigenvalue weighted by atomic mass is 19.4. The third kappa shape index (κ3) is 3.56. The second-order valence-electron chi connectivity index (χ2n) is 7.13. The van der Waals surface area contributed by atoms with Crippen molar-refractivity contribution in [2.24, 2.45) is 5.41 Å². The van der Waals surface area contributed by atoms with Gasteiger partial charge in [-0.15, -0.1) is 5.10 Å². The van der Waals surface area contributed by atoms with E-state index < -0.39 is 17.4 Å². The SMILES string of the molecule is CC(C)=CC[C@@]1(C(=O)NCc2nc(C(F)(F)F)n[nH]2)C[C@@H]2CC[C@H]1N2. The molecule has 3 atom stereocenters. The Morgan fingerprint density at radius 3 is 2.68 bits per heavy atom. The maximum Gasteiger partial charge on any atom is 0.453 e. The standard InChI is InChI=1S/C16H22F3N5O/c1-9(2)5-6-15(7-10-3-4-11(15)21-10)14(25)20-8-12-22-13(24-23-12)16(17,18)19/h5,10-11,21H,3-4,6-8H2,1-2H3,(H,20,25)(H,22,23,24)/t10-,11+,15+/m0/s1. The number of carbonyl (C=O) groups excluding carboxylic acids is 1. The molecule has 2 bridgehead atoms. The van der Waals surface area contributed by atoms with Gasteiger partial charge in [-0.25, -0.2) is 4.98 Å². The number of nitrogens with one attached hydrogen (secondary N) is 3. The summed E-state index contributed by atoms with van der Waals surface area (Å²) in [6.07, 6.45) is 0.827. The first-order valence-corrected chi connectivity index (χ1v) is 8.37. The molecule has 1 amide bonds. The summed E-state index contributed by atoms with van der Waals surface area (Å²) in [4.78, 5) is 16.3. The summed E-state index contributed by atoms with van der Waals surface area (Å²) in [5, 5.41) is 11.6. The lowest BCUT2D eigenvalue weighted by molar-refractivity contribution is -0.144. The number of hydrogen-bond donors (Lipinski definition) is 3. The number of H-pyrrole nitrogens is 1. The van der Waals surface area contributed by atoms with Crippen LogP contribution in [0.2, 0.25) is 0 Å². The van der Waals surface area contributed by atoms with E-state index in [2.05, 4.69) is 31.9 Å². The van der Waals surface area contributed by atoms with Crippen LogP contribution in [0.3, 0.4) is 0 Å². The minimum absolute atomic E-state index is 0.00541. The van der Waals surface area contributed by atoms with Gasteiger partial charge in [-0.2, -0.15) is 13.2 Å². The molecule has 0 unspecified atom stereocenters. The molecular formula is C16H22F3N5O. The number of rotatable bonds is 5. The average molecular weight is 357 g/mol. The van der Waals surface area contributed by atoms with Crippen molar-refractivity contribution in [3.05, 3.63) is 23.3 Å². The van der Waals surface area contributed by atoms with Crippen molar-refractivity contribution in [3.63, 3.8) is 0 Å². The third-order valence-electron chi connectivity index (χ3n) is 5.05. The highest BCUT2D eigenvalue weighted by Crippen LogP contribution is 2.46. The van der Waals surface area contributed by atoms with Gasteiger partial charge >= 0.3 is 6.18 Å². The Morgan fingerprint density at radius 1 is 1.40 bits per heavy atom. The average Bonchev–Trinajstić information content (AvgIpc) is 3.25. The van der Waals surface area contributed by atoms with Gasteiger partial charge < -0.3 is 10.6 Å². The van der Waals surface area contributed by atoms with Gasteiger partial charge in [0.05, 0.1) is 12.0 Å². The molecule has 2 fully saturated rings. The molecule has 138 valence electrons. The van der Waals surface area contributed by atoms with E-state index in [1.807, 2.05) is 13.8 Å². The number of nitrogens with zero attached hydrogens (tertiary/aromatic N) is 2. The van der Waals surface area contributed by atoms with Crippen LogP contribution >= 0.6 is 0 Å². The summed E-state index contributed by atoms with van der Waals surface area (Å²) < 4.78 is 37.6. The molecule has 0 aromatic carbocycles. The van der Waals surface area contributed by atoms with Gasteiger partial charge in [0.25, 0.3) is 5.82 Å². The van der Waals surface area contributed by atoms with Crippen LogP contribution in [0.25, 0.3) is 0 Å². The zero-order valence-corrected chi connectivity index (χ0v) is 14.2. The van der Waals surface area contributed by atoms with Gasteiger partial charge in [-0.3, -0.25) is 9.89 Å². The molecule has 3 heterocycles. The lowest BCUT2D eigenvalue weighted by Crippen LogP contribution is -2.48. The summed E-state index contributed by atoms with van der Waals surface area (Å²) in [7, 11) is 0. The summed E-state index contributed by atoms with van der Waals surface area (Å²) >= 11 is 0. The molecule has 2 aliphatic heterocycles. The largest absolute Gasteiger partial charge is 0.453 e. The number of aromatic amines is 1. The van der Waals surface area contributed by atoms with Crippen molar-refractivity contribution >= 4 is 5.91 Å². The fourth-order valence-electron chi connectivity index (χ4n) is 3.79. The summed E-state index contributed by atoms with van der Waals surface area (Å²) in [5.41, 5.74) is 0.590. The zero-order chi connectivity index (χ0) is 18.2. The van der Waals surface area contributed by atoms with Crippen LogP contribution in [0.1, 0.15) is 51.2 Å². The van der Waals surface area contributed by atoms with Crippen molar-refractivity contribution in [3.8, 4) is 0 Å². The van der Waals surface area contributed by atoms with E-state index >= 15 is 0 Å². The van der Waals surface area contributed by atoms with E-state index in [9.17, 15) is 18.0 Å². The maximum atomic E-state index is 12.9. The second kappa shape index (κ2) is 6.44. The molecule has 25 heavy (non-hydrogen) atoms. The predicted molar refractivity (Wildman–Crippen MR) is 84.3 cm³/mol. The number of halogens is 3. The molecule has 6 nitrogen and oxygen atoms in total. The lowest BCUT2D eigenvalue weighted by Gasteiger charge is -2.34. The number of carbonyl (C=O) groups is 1. The molecule has 0 spiro atoms. The van der Waals surface area contributed by atoms with Crippen molar-refractivity contribution in [1.82, 2.24) is 25.8 Å². The molecule has 9 heteroatoms. The summed E-state index contributed by atoms with van der Waals surface area (Å²) in [5.74, 6) is -1.37. The molecule has 2 saturated heterocycles. The van der Waals surface area contributed by atoms with Crippen LogP contribution in [0.4, 0.5) is 13.2 Å². The number of fused-ring (bicyclic) bond motifs is 2. The van der Waals surface area contributed by atoms with Crippen molar-refractivity contribution in [2.45, 2.75) is 64.3 Å². The first kappa shape index (κ1) is 17.9. The monoisotopic (exact) mass is 357 g/mol. The van der Waals surface area contributed by atoms with Gasteiger partial charge in [0, 0.05) is 12.1 Å². The van der Waals surface area contributed by atoms with Crippen LogP contribution in [0.5, 0.6) is 0 Å². The first-order valence-electron chi connectivity index (χ1n) is 8.37. The quantitative estimate of drug-likeness (QED) is 0.706. The maximum absolute atomic E-state index is 12.9. The number of aromatic nitrogens is 3.